The second kappa shape index (κ2) is 3.24. The van der Waals surface area contributed by atoms with Crippen LogP contribution in [0.1, 0.15) is 30.9 Å². The molecule has 0 aliphatic carbocycles. The molecule has 0 spiro atoms. The van der Waals surface area contributed by atoms with Crippen molar-refractivity contribution in [3.8, 4) is 11.5 Å². The molecule has 2 nitrogen and oxygen atoms in total. The van der Waals surface area contributed by atoms with Crippen LogP contribution in [0.2, 0.25) is 0 Å². The number of phenols is 2. The van der Waals surface area contributed by atoms with E-state index < -0.39 is 5.82 Å². The molecule has 0 amide bonds. The SMILES string of the molecule is Cc1c(O)cc(O)c(C(C)C)c1F. The number of benzene rings is 1. The van der Waals surface area contributed by atoms with Gasteiger partial charge in [-0.1, -0.05) is 13.8 Å². The van der Waals surface area contributed by atoms with Gasteiger partial charge in [-0.05, 0) is 12.8 Å². The topological polar surface area (TPSA) is 40.5 Å². The van der Waals surface area contributed by atoms with Crippen LogP contribution < -0.4 is 0 Å². The lowest BCUT2D eigenvalue weighted by atomic mass is 9.98. The van der Waals surface area contributed by atoms with E-state index in [1.165, 1.54) is 13.0 Å². The molecule has 0 saturated carbocycles. The number of aromatic hydroxyl groups is 2. The summed E-state index contributed by atoms with van der Waals surface area (Å²) < 4.78 is 13.5. The highest BCUT2D eigenvalue weighted by atomic mass is 19.1. The van der Waals surface area contributed by atoms with Crippen molar-refractivity contribution in [2.24, 2.45) is 0 Å². The van der Waals surface area contributed by atoms with Crippen LogP contribution in [0, 0.1) is 12.7 Å². The fraction of sp³-hybridized carbons (Fsp3) is 0.400. The second-order valence-corrected chi connectivity index (χ2v) is 3.42. The highest BCUT2D eigenvalue weighted by Gasteiger charge is 2.16. The first kappa shape index (κ1) is 9.84. The Morgan fingerprint density at radius 2 is 1.77 bits per heavy atom. The summed E-state index contributed by atoms with van der Waals surface area (Å²) in [6.07, 6.45) is 0. The van der Waals surface area contributed by atoms with Gasteiger partial charge in [0.15, 0.2) is 0 Å². The van der Waals surface area contributed by atoms with Crippen molar-refractivity contribution < 1.29 is 14.6 Å². The Kier molecular flexibility index (Phi) is 2.45. The van der Waals surface area contributed by atoms with Crippen LogP contribution in [-0.2, 0) is 0 Å². The first-order chi connectivity index (χ1) is 5.95. The Morgan fingerprint density at radius 3 is 2.23 bits per heavy atom. The van der Waals surface area contributed by atoms with Gasteiger partial charge in [0.05, 0.1) is 0 Å². The molecule has 0 heterocycles. The molecule has 0 radical (unpaired) electrons. The van der Waals surface area contributed by atoms with E-state index in [1.54, 1.807) is 13.8 Å². The average molecular weight is 184 g/mol. The van der Waals surface area contributed by atoms with Gasteiger partial charge in [-0.3, -0.25) is 0 Å². The highest BCUT2D eigenvalue weighted by Crippen LogP contribution is 2.34. The summed E-state index contributed by atoms with van der Waals surface area (Å²) in [4.78, 5) is 0. The molecule has 0 saturated heterocycles. The maximum atomic E-state index is 13.5. The second-order valence-electron chi connectivity index (χ2n) is 3.42. The zero-order valence-electron chi connectivity index (χ0n) is 7.93. The van der Waals surface area contributed by atoms with Crippen LogP contribution >= 0.6 is 0 Å². The zero-order valence-corrected chi connectivity index (χ0v) is 7.93. The Hall–Kier alpha value is -1.25. The van der Waals surface area contributed by atoms with Crippen molar-refractivity contribution in [1.29, 1.82) is 0 Å². The van der Waals surface area contributed by atoms with E-state index in [4.69, 9.17) is 0 Å². The van der Waals surface area contributed by atoms with Crippen molar-refractivity contribution >= 4 is 0 Å². The van der Waals surface area contributed by atoms with Crippen molar-refractivity contribution in [3.63, 3.8) is 0 Å². The predicted octanol–water partition coefficient (Wildman–Crippen LogP) is 2.67. The molecular formula is C10H13FO2. The van der Waals surface area contributed by atoms with E-state index >= 15 is 0 Å². The van der Waals surface area contributed by atoms with Gasteiger partial charge in [-0.2, -0.15) is 0 Å². The lowest BCUT2D eigenvalue weighted by Gasteiger charge is -2.12. The molecule has 1 aromatic rings. The maximum Gasteiger partial charge on any atom is 0.136 e. The summed E-state index contributed by atoms with van der Waals surface area (Å²) in [6.45, 7) is 5.05. The predicted molar refractivity (Wildman–Crippen MR) is 48.6 cm³/mol. The van der Waals surface area contributed by atoms with Gasteiger partial charge in [0.2, 0.25) is 0 Å². The quantitative estimate of drug-likeness (QED) is 0.704. The molecule has 0 atom stereocenters. The molecular weight excluding hydrogens is 171 g/mol. The molecule has 0 bridgehead atoms. The number of hydrogen-bond acceptors (Lipinski definition) is 2. The Balaban J connectivity index is 3.44. The fourth-order valence-electron chi connectivity index (χ4n) is 1.29. The molecule has 13 heavy (non-hydrogen) atoms. The third-order valence-corrected chi connectivity index (χ3v) is 2.08. The van der Waals surface area contributed by atoms with Crippen LogP contribution in [0.15, 0.2) is 6.07 Å². The normalized spacial score (nSPS) is 10.8. The number of rotatable bonds is 1. The fourth-order valence-corrected chi connectivity index (χ4v) is 1.29. The van der Waals surface area contributed by atoms with Crippen molar-refractivity contribution in [3.05, 3.63) is 23.0 Å². The van der Waals surface area contributed by atoms with Crippen molar-refractivity contribution in [1.82, 2.24) is 0 Å². The zero-order chi connectivity index (χ0) is 10.2. The number of phenolic OH excluding ortho intramolecular Hbond substituents is 2. The highest BCUT2D eigenvalue weighted by molar-refractivity contribution is 5.47. The van der Waals surface area contributed by atoms with Crippen LogP contribution in [0.4, 0.5) is 4.39 Å². The Bertz CT molecular complexity index is 332. The lowest BCUT2D eigenvalue weighted by Crippen LogP contribution is -1.96. The summed E-state index contributed by atoms with van der Waals surface area (Å²) >= 11 is 0. The van der Waals surface area contributed by atoms with Crippen LogP contribution in [0.25, 0.3) is 0 Å². The monoisotopic (exact) mass is 184 g/mol. The summed E-state index contributed by atoms with van der Waals surface area (Å²) in [6, 6.07) is 1.17. The molecule has 0 unspecified atom stereocenters. The average Bonchev–Trinajstić information content (AvgIpc) is 1.99. The third-order valence-electron chi connectivity index (χ3n) is 2.08. The molecule has 1 rings (SSSR count). The molecule has 3 heteroatoms. The van der Waals surface area contributed by atoms with Gasteiger partial charge in [0.25, 0.3) is 0 Å². The Morgan fingerprint density at radius 1 is 1.23 bits per heavy atom. The molecule has 0 aliphatic rings. The minimum absolute atomic E-state index is 0.0979. The number of halogens is 1. The minimum Gasteiger partial charge on any atom is -0.507 e. The summed E-state index contributed by atoms with van der Waals surface area (Å²) in [7, 11) is 0. The molecule has 1 aromatic carbocycles. The summed E-state index contributed by atoms with van der Waals surface area (Å²) in [5, 5.41) is 18.6. The molecule has 2 N–H and O–H groups in total. The van der Waals surface area contributed by atoms with Crippen LogP contribution in [0.5, 0.6) is 11.5 Å². The minimum atomic E-state index is -0.521. The van der Waals surface area contributed by atoms with Crippen molar-refractivity contribution in [2.75, 3.05) is 0 Å². The van der Waals surface area contributed by atoms with Gasteiger partial charge in [-0.25, -0.2) is 4.39 Å². The van der Waals surface area contributed by atoms with Gasteiger partial charge in [0, 0.05) is 17.2 Å². The molecule has 0 fully saturated rings. The first-order valence-electron chi connectivity index (χ1n) is 4.16. The number of hydrogen-bond donors (Lipinski definition) is 2. The summed E-state index contributed by atoms with van der Waals surface area (Å²) in [5.74, 6) is -1.01. The lowest BCUT2D eigenvalue weighted by molar-refractivity contribution is 0.426. The van der Waals surface area contributed by atoms with E-state index in [0.717, 1.165) is 0 Å². The van der Waals surface area contributed by atoms with Gasteiger partial charge in [-0.15, -0.1) is 0 Å². The smallest absolute Gasteiger partial charge is 0.136 e. The largest absolute Gasteiger partial charge is 0.507 e. The standard InChI is InChI=1S/C10H13FO2/c1-5(2)9-8(13)4-7(12)6(3)10(9)11/h4-5,12-13H,1-3H3. The van der Waals surface area contributed by atoms with E-state index in [9.17, 15) is 14.6 Å². The van der Waals surface area contributed by atoms with Gasteiger partial charge < -0.3 is 10.2 Å². The third kappa shape index (κ3) is 1.59. The molecule has 72 valence electrons. The van der Waals surface area contributed by atoms with Gasteiger partial charge >= 0.3 is 0 Å². The van der Waals surface area contributed by atoms with E-state index in [-0.39, 0.29) is 28.5 Å². The summed E-state index contributed by atoms with van der Waals surface area (Å²) in [5.41, 5.74) is 0.441. The van der Waals surface area contributed by atoms with Gasteiger partial charge in [0.1, 0.15) is 17.3 Å². The Labute approximate surface area is 76.6 Å². The van der Waals surface area contributed by atoms with Crippen LogP contribution in [-0.4, -0.2) is 10.2 Å². The molecule has 0 aromatic heterocycles. The van der Waals surface area contributed by atoms with E-state index in [0.29, 0.717) is 0 Å². The van der Waals surface area contributed by atoms with E-state index in [1.807, 2.05) is 0 Å². The van der Waals surface area contributed by atoms with Crippen LogP contribution in [0.3, 0.4) is 0 Å². The first-order valence-corrected chi connectivity index (χ1v) is 4.16. The van der Waals surface area contributed by atoms with E-state index in [2.05, 4.69) is 0 Å². The van der Waals surface area contributed by atoms with Crippen molar-refractivity contribution in [2.45, 2.75) is 26.7 Å². The molecule has 0 aliphatic heterocycles. The maximum absolute atomic E-state index is 13.5.